The molecule has 0 saturated carbocycles. The molecule has 0 amide bonds. The van der Waals surface area contributed by atoms with Crippen LogP contribution in [0, 0.1) is 0 Å². The van der Waals surface area contributed by atoms with Crippen molar-refractivity contribution >= 4 is 11.3 Å². The van der Waals surface area contributed by atoms with Crippen LogP contribution in [-0.2, 0) is 0 Å². The number of aromatic nitrogens is 2. The summed E-state index contributed by atoms with van der Waals surface area (Å²) in [6.07, 6.45) is 2.20. The van der Waals surface area contributed by atoms with Crippen molar-refractivity contribution in [1.82, 2.24) is 15.0 Å². The summed E-state index contributed by atoms with van der Waals surface area (Å²) >= 11 is 1.65. The molecule has 0 aliphatic carbocycles. The first-order chi connectivity index (χ1) is 9.54. The van der Waals surface area contributed by atoms with Gasteiger partial charge in [-0.3, -0.25) is 4.90 Å². The first-order valence-electron chi connectivity index (χ1n) is 7.16. The number of piperidine rings is 1. The highest BCUT2D eigenvalue weighted by molar-refractivity contribution is 7.13. The molecule has 2 aromatic rings. The lowest BCUT2D eigenvalue weighted by Crippen LogP contribution is -2.45. The highest BCUT2D eigenvalue weighted by atomic mass is 32.1. The van der Waals surface area contributed by atoms with Crippen LogP contribution in [0.15, 0.2) is 22.0 Å². The normalized spacial score (nSPS) is 18.6. The molecule has 108 valence electrons. The highest BCUT2D eigenvalue weighted by Crippen LogP contribution is 2.31. The van der Waals surface area contributed by atoms with E-state index in [0.29, 0.717) is 5.92 Å². The van der Waals surface area contributed by atoms with Gasteiger partial charge in [0.2, 0.25) is 11.7 Å². The fourth-order valence-electron chi connectivity index (χ4n) is 2.70. The summed E-state index contributed by atoms with van der Waals surface area (Å²) in [6, 6.07) is 4.04. The van der Waals surface area contributed by atoms with Crippen molar-refractivity contribution in [3.8, 4) is 10.7 Å². The Morgan fingerprint density at radius 1 is 1.30 bits per heavy atom. The second-order valence-corrected chi connectivity index (χ2v) is 7.31. The number of nitrogens with zero attached hydrogens (tertiary/aromatic N) is 3. The molecule has 2 aromatic heterocycles. The van der Waals surface area contributed by atoms with Crippen LogP contribution in [0.4, 0.5) is 0 Å². The molecule has 0 N–H and O–H groups in total. The predicted molar refractivity (Wildman–Crippen MR) is 80.9 cm³/mol. The number of likely N-dealkylation sites (tertiary alicyclic amines) is 1. The summed E-state index contributed by atoms with van der Waals surface area (Å²) < 4.78 is 5.48. The summed E-state index contributed by atoms with van der Waals surface area (Å²) in [5.41, 5.74) is 0.252. The monoisotopic (exact) mass is 291 g/mol. The van der Waals surface area contributed by atoms with Crippen molar-refractivity contribution < 1.29 is 4.52 Å². The molecule has 1 aliphatic heterocycles. The van der Waals surface area contributed by atoms with E-state index in [0.717, 1.165) is 42.5 Å². The zero-order valence-electron chi connectivity index (χ0n) is 12.3. The predicted octanol–water partition coefficient (Wildman–Crippen LogP) is 3.78. The van der Waals surface area contributed by atoms with E-state index in [1.54, 1.807) is 11.3 Å². The standard InChI is InChI=1S/C15H21N3OS/c1-15(2,3)18-8-6-11(7-9-18)14-16-13(17-19-14)12-5-4-10-20-12/h4-5,10-11H,6-9H2,1-3H3. The quantitative estimate of drug-likeness (QED) is 0.844. The van der Waals surface area contributed by atoms with Crippen LogP contribution in [0.25, 0.3) is 10.7 Å². The zero-order chi connectivity index (χ0) is 14.2. The average molecular weight is 291 g/mol. The van der Waals surface area contributed by atoms with E-state index in [2.05, 4.69) is 35.8 Å². The van der Waals surface area contributed by atoms with E-state index in [1.165, 1.54) is 0 Å². The largest absolute Gasteiger partial charge is 0.339 e. The second kappa shape index (κ2) is 5.30. The van der Waals surface area contributed by atoms with Gasteiger partial charge in [-0.15, -0.1) is 11.3 Å². The molecule has 4 nitrogen and oxygen atoms in total. The number of hydrogen-bond donors (Lipinski definition) is 0. The lowest BCUT2D eigenvalue weighted by Gasteiger charge is -2.40. The Morgan fingerprint density at radius 2 is 2.05 bits per heavy atom. The molecular formula is C15H21N3OS. The topological polar surface area (TPSA) is 42.2 Å². The summed E-state index contributed by atoms with van der Waals surface area (Å²) in [5, 5.41) is 6.15. The first kappa shape index (κ1) is 13.8. The lowest BCUT2D eigenvalue weighted by atomic mass is 9.93. The van der Waals surface area contributed by atoms with Crippen LogP contribution in [0.1, 0.15) is 45.4 Å². The molecule has 0 unspecified atom stereocenters. The molecule has 3 heterocycles. The summed E-state index contributed by atoms with van der Waals surface area (Å²) in [5.74, 6) is 1.95. The van der Waals surface area contributed by atoms with Crippen molar-refractivity contribution in [3.63, 3.8) is 0 Å². The van der Waals surface area contributed by atoms with Gasteiger partial charge >= 0.3 is 0 Å². The Labute approximate surface area is 123 Å². The van der Waals surface area contributed by atoms with E-state index in [1.807, 2.05) is 17.5 Å². The van der Waals surface area contributed by atoms with Crippen molar-refractivity contribution in [3.05, 3.63) is 23.4 Å². The maximum atomic E-state index is 5.48. The molecule has 1 aliphatic rings. The zero-order valence-corrected chi connectivity index (χ0v) is 13.1. The van der Waals surface area contributed by atoms with Gasteiger partial charge in [-0.1, -0.05) is 11.2 Å². The Morgan fingerprint density at radius 3 is 2.65 bits per heavy atom. The van der Waals surface area contributed by atoms with Gasteiger partial charge in [0.25, 0.3) is 0 Å². The van der Waals surface area contributed by atoms with Gasteiger partial charge in [0.05, 0.1) is 4.88 Å². The van der Waals surface area contributed by atoms with Gasteiger partial charge in [-0.25, -0.2) is 0 Å². The van der Waals surface area contributed by atoms with Crippen LogP contribution in [0.3, 0.4) is 0 Å². The first-order valence-corrected chi connectivity index (χ1v) is 8.04. The van der Waals surface area contributed by atoms with Gasteiger partial charge in [0.1, 0.15) is 0 Å². The van der Waals surface area contributed by atoms with E-state index >= 15 is 0 Å². The van der Waals surface area contributed by atoms with Gasteiger partial charge in [0.15, 0.2) is 0 Å². The lowest BCUT2D eigenvalue weighted by molar-refractivity contribution is 0.0961. The molecule has 5 heteroatoms. The molecule has 1 fully saturated rings. The molecular weight excluding hydrogens is 270 g/mol. The van der Waals surface area contributed by atoms with Crippen molar-refractivity contribution in [2.45, 2.75) is 45.1 Å². The van der Waals surface area contributed by atoms with Crippen molar-refractivity contribution in [1.29, 1.82) is 0 Å². The maximum absolute atomic E-state index is 5.48. The minimum absolute atomic E-state index is 0.252. The van der Waals surface area contributed by atoms with E-state index in [-0.39, 0.29) is 5.54 Å². The Kier molecular flexibility index (Phi) is 3.65. The smallest absolute Gasteiger partial charge is 0.230 e. The van der Waals surface area contributed by atoms with Crippen LogP contribution in [-0.4, -0.2) is 33.7 Å². The van der Waals surface area contributed by atoms with Crippen molar-refractivity contribution in [2.24, 2.45) is 0 Å². The fourth-order valence-corrected chi connectivity index (χ4v) is 3.35. The molecule has 20 heavy (non-hydrogen) atoms. The van der Waals surface area contributed by atoms with Crippen LogP contribution in [0.2, 0.25) is 0 Å². The van der Waals surface area contributed by atoms with Gasteiger partial charge < -0.3 is 4.52 Å². The third kappa shape index (κ3) is 2.79. The molecule has 0 radical (unpaired) electrons. The summed E-state index contributed by atoms with van der Waals surface area (Å²) in [7, 11) is 0. The minimum atomic E-state index is 0.252. The Bertz CT molecular complexity index is 548. The van der Waals surface area contributed by atoms with Gasteiger partial charge in [0, 0.05) is 11.5 Å². The molecule has 0 bridgehead atoms. The fraction of sp³-hybridized carbons (Fsp3) is 0.600. The Balaban J connectivity index is 1.67. The third-order valence-corrected chi connectivity index (χ3v) is 4.84. The molecule has 3 rings (SSSR count). The van der Waals surface area contributed by atoms with E-state index in [4.69, 9.17) is 4.52 Å². The number of rotatable bonds is 2. The number of thiophene rings is 1. The molecule has 0 spiro atoms. The minimum Gasteiger partial charge on any atom is -0.339 e. The summed E-state index contributed by atoms with van der Waals surface area (Å²) in [6.45, 7) is 9.02. The number of hydrogen-bond acceptors (Lipinski definition) is 5. The third-order valence-electron chi connectivity index (χ3n) is 3.98. The van der Waals surface area contributed by atoms with Crippen LogP contribution < -0.4 is 0 Å². The van der Waals surface area contributed by atoms with Gasteiger partial charge in [-0.05, 0) is 58.1 Å². The van der Waals surface area contributed by atoms with Gasteiger partial charge in [-0.2, -0.15) is 4.98 Å². The SMILES string of the molecule is CC(C)(C)N1CCC(c2nc(-c3cccs3)no2)CC1. The van der Waals surface area contributed by atoms with E-state index in [9.17, 15) is 0 Å². The molecule has 0 atom stereocenters. The van der Waals surface area contributed by atoms with E-state index < -0.39 is 0 Å². The average Bonchev–Trinajstić information content (AvgIpc) is 3.09. The highest BCUT2D eigenvalue weighted by Gasteiger charge is 2.30. The molecule has 1 saturated heterocycles. The Hall–Kier alpha value is -1.20. The maximum Gasteiger partial charge on any atom is 0.230 e. The van der Waals surface area contributed by atoms with Crippen molar-refractivity contribution in [2.75, 3.05) is 13.1 Å². The van der Waals surface area contributed by atoms with Crippen LogP contribution in [0.5, 0.6) is 0 Å². The van der Waals surface area contributed by atoms with Crippen LogP contribution >= 0.6 is 11.3 Å². The second-order valence-electron chi connectivity index (χ2n) is 6.37. The molecule has 0 aromatic carbocycles. The summed E-state index contributed by atoms with van der Waals surface area (Å²) in [4.78, 5) is 8.18.